The summed E-state index contributed by atoms with van der Waals surface area (Å²) >= 11 is 1.55. The number of aromatic nitrogens is 4. The fourth-order valence-electron chi connectivity index (χ4n) is 1.01. The summed E-state index contributed by atoms with van der Waals surface area (Å²) in [5, 5.41) is 4.83. The maximum atomic E-state index is 5.33. The zero-order chi connectivity index (χ0) is 9.97. The smallest absolute Gasteiger partial charge is 0.204 e. The Morgan fingerprint density at radius 2 is 2.36 bits per heavy atom. The van der Waals surface area contributed by atoms with Crippen LogP contribution >= 0.6 is 11.8 Å². The van der Waals surface area contributed by atoms with Crippen molar-refractivity contribution < 1.29 is 4.42 Å². The van der Waals surface area contributed by atoms with Crippen LogP contribution in [0.2, 0.25) is 0 Å². The van der Waals surface area contributed by atoms with Gasteiger partial charge in [-0.2, -0.15) is 5.10 Å². The van der Waals surface area contributed by atoms with Gasteiger partial charge in [0.1, 0.15) is 12.1 Å². The highest BCUT2D eigenvalue weighted by Crippen LogP contribution is 2.19. The van der Waals surface area contributed by atoms with Crippen molar-refractivity contribution in [3.05, 3.63) is 24.2 Å². The molecule has 2 heterocycles. The molecule has 0 saturated carbocycles. The lowest BCUT2D eigenvalue weighted by atomic mass is 10.6. The number of hydrogen-bond donors (Lipinski definition) is 0. The molecule has 0 unspecified atom stereocenters. The number of aryl methyl sites for hydroxylation is 2. The molecular weight excluding hydrogens is 200 g/mol. The molecule has 14 heavy (non-hydrogen) atoms. The molecule has 0 aromatic carbocycles. The van der Waals surface area contributed by atoms with Gasteiger partial charge < -0.3 is 4.42 Å². The SMILES string of the molecule is Cc1cnc(CSc2ncnn2C)o1. The molecule has 0 aliphatic rings. The number of oxazole rings is 1. The van der Waals surface area contributed by atoms with E-state index in [0.717, 1.165) is 16.8 Å². The molecule has 0 amide bonds. The highest BCUT2D eigenvalue weighted by molar-refractivity contribution is 7.98. The van der Waals surface area contributed by atoms with Gasteiger partial charge in [0.05, 0.1) is 11.9 Å². The van der Waals surface area contributed by atoms with Crippen molar-refractivity contribution in [3.8, 4) is 0 Å². The molecule has 0 radical (unpaired) electrons. The Labute approximate surface area is 85.5 Å². The Morgan fingerprint density at radius 1 is 1.50 bits per heavy atom. The fraction of sp³-hybridized carbons (Fsp3) is 0.375. The summed E-state index contributed by atoms with van der Waals surface area (Å²) in [4.78, 5) is 8.18. The van der Waals surface area contributed by atoms with E-state index < -0.39 is 0 Å². The Hall–Kier alpha value is -1.30. The van der Waals surface area contributed by atoms with Gasteiger partial charge in [-0.3, -0.25) is 0 Å². The minimum absolute atomic E-state index is 0.681. The Morgan fingerprint density at radius 3 is 2.93 bits per heavy atom. The van der Waals surface area contributed by atoms with E-state index in [2.05, 4.69) is 15.1 Å². The van der Waals surface area contributed by atoms with Crippen LogP contribution in [0, 0.1) is 6.92 Å². The van der Waals surface area contributed by atoms with Gasteiger partial charge in [0.25, 0.3) is 0 Å². The molecular formula is C8H10N4OS. The number of nitrogens with zero attached hydrogens (tertiary/aromatic N) is 4. The van der Waals surface area contributed by atoms with Crippen LogP contribution in [-0.4, -0.2) is 19.7 Å². The van der Waals surface area contributed by atoms with Crippen molar-refractivity contribution in [3.63, 3.8) is 0 Å². The molecule has 0 N–H and O–H groups in total. The Kier molecular flexibility index (Phi) is 2.53. The van der Waals surface area contributed by atoms with Crippen LogP contribution in [0.5, 0.6) is 0 Å². The topological polar surface area (TPSA) is 56.7 Å². The maximum absolute atomic E-state index is 5.33. The first kappa shape index (κ1) is 9.26. The molecule has 0 bridgehead atoms. The third-order valence-corrected chi connectivity index (χ3v) is 2.68. The highest BCUT2D eigenvalue weighted by Gasteiger charge is 2.05. The third kappa shape index (κ3) is 1.95. The van der Waals surface area contributed by atoms with Crippen LogP contribution in [0.4, 0.5) is 0 Å². The standard InChI is InChI=1S/C8H10N4OS/c1-6-3-9-7(13-6)4-14-8-10-5-11-12(8)2/h3,5H,4H2,1-2H3. The molecule has 5 nitrogen and oxygen atoms in total. The van der Waals surface area contributed by atoms with Crippen molar-refractivity contribution in [1.82, 2.24) is 19.7 Å². The minimum atomic E-state index is 0.681. The molecule has 0 aliphatic carbocycles. The quantitative estimate of drug-likeness (QED) is 0.717. The van der Waals surface area contributed by atoms with E-state index in [0.29, 0.717) is 5.75 Å². The largest absolute Gasteiger partial charge is 0.445 e. The third-order valence-electron chi connectivity index (χ3n) is 1.66. The lowest BCUT2D eigenvalue weighted by molar-refractivity contribution is 0.490. The summed E-state index contributed by atoms with van der Waals surface area (Å²) in [6.45, 7) is 1.88. The van der Waals surface area contributed by atoms with Crippen LogP contribution in [0.25, 0.3) is 0 Å². The van der Waals surface area contributed by atoms with Crippen molar-refractivity contribution in [2.75, 3.05) is 0 Å². The second-order valence-electron chi connectivity index (χ2n) is 2.82. The zero-order valence-corrected chi connectivity index (χ0v) is 8.78. The van der Waals surface area contributed by atoms with Crippen molar-refractivity contribution in [2.24, 2.45) is 7.05 Å². The van der Waals surface area contributed by atoms with E-state index in [-0.39, 0.29) is 0 Å². The van der Waals surface area contributed by atoms with Gasteiger partial charge in [0, 0.05) is 7.05 Å². The van der Waals surface area contributed by atoms with Gasteiger partial charge in [-0.25, -0.2) is 14.6 Å². The Bertz CT molecular complexity index is 422. The molecule has 2 aromatic rings. The molecule has 74 valence electrons. The van der Waals surface area contributed by atoms with Crippen LogP contribution in [0.15, 0.2) is 22.1 Å². The molecule has 0 atom stereocenters. The molecule has 0 spiro atoms. The van der Waals surface area contributed by atoms with Gasteiger partial charge in [0.15, 0.2) is 5.16 Å². The van der Waals surface area contributed by atoms with Crippen molar-refractivity contribution in [1.29, 1.82) is 0 Å². The van der Waals surface area contributed by atoms with Gasteiger partial charge in [0.2, 0.25) is 5.89 Å². The summed E-state index contributed by atoms with van der Waals surface area (Å²) in [5.74, 6) is 2.23. The summed E-state index contributed by atoms with van der Waals surface area (Å²) in [5.41, 5.74) is 0. The lowest BCUT2D eigenvalue weighted by Gasteiger charge is -1.96. The molecule has 0 saturated heterocycles. The van der Waals surface area contributed by atoms with E-state index in [1.165, 1.54) is 6.33 Å². The van der Waals surface area contributed by atoms with Crippen LogP contribution in [0.1, 0.15) is 11.7 Å². The monoisotopic (exact) mass is 210 g/mol. The average molecular weight is 210 g/mol. The van der Waals surface area contributed by atoms with Crippen LogP contribution in [-0.2, 0) is 12.8 Å². The molecule has 0 fully saturated rings. The van der Waals surface area contributed by atoms with Gasteiger partial charge in [-0.15, -0.1) is 0 Å². The summed E-state index contributed by atoms with van der Waals surface area (Å²) in [6.07, 6.45) is 3.25. The first-order chi connectivity index (χ1) is 6.75. The van der Waals surface area contributed by atoms with E-state index in [1.807, 2.05) is 14.0 Å². The van der Waals surface area contributed by atoms with Crippen LogP contribution < -0.4 is 0 Å². The number of thioether (sulfide) groups is 1. The van der Waals surface area contributed by atoms with E-state index >= 15 is 0 Å². The van der Waals surface area contributed by atoms with Gasteiger partial charge >= 0.3 is 0 Å². The van der Waals surface area contributed by atoms with Crippen LogP contribution in [0.3, 0.4) is 0 Å². The van der Waals surface area contributed by atoms with E-state index in [1.54, 1.807) is 22.6 Å². The predicted octanol–water partition coefficient (Wildman–Crippen LogP) is 1.40. The number of hydrogen-bond acceptors (Lipinski definition) is 5. The first-order valence-electron chi connectivity index (χ1n) is 4.14. The lowest BCUT2D eigenvalue weighted by Crippen LogP contribution is -1.93. The fourth-order valence-corrected chi connectivity index (χ4v) is 1.75. The molecule has 2 aromatic heterocycles. The summed E-state index contributed by atoms with van der Waals surface area (Å²) in [6, 6.07) is 0. The second-order valence-corrected chi connectivity index (χ2v) is 3.76. The maximum Gasteiger partial charge on any atom is 0.204 e. The summed E-state index contributed by atoms with van der Waals surface area (Å²) in [7, 11) is 1.86. The highest BCUT2D eigenvalue weighted by atomic mass is 32.2. The zero-order valence-electron chi connectivity index (χ0n) is 7.97. The molecule has 2 rings (SSSR count). The van der Waals surface area contributed by atoms with Gasteiger partial charge in [-0.05, 0) is 6.92 Å². The normalized spacial score (nSPS) is 10.7. The molecule has 0 aliphatic heterocycles. The Balaban J connectivity index is 1.98. The van der Waals surface area contributed by atoms with Gasteiger partial charge in [-0.1, -0.05) is 11.8 Å². The average Bonchev–Trinajstić information content (AvgIpc) is 2.72. The first-order valence-corrected chi connectivity index (χ1v) is 5.12. The number of rotatable bonds is 3. The minimum Gasteiger partial charge on any atom is -0.445 e. The van der Waals surface area contributed by atoms with Crippen molar-refractivity contribution in [2.45, 2.75) is 17.8 Å². The summed E-state index contributed by atoms with van der Waals surface area (Å²) < 4.78 is 7.05. The van der Waals surface area contributed by atoms with E-state index in [9.17, 15) is 0 Å². The predicted molar refractivity (Wildman–Crippen MR) is 51.8 cm³/mol. The molecule has 6 heteroatoms. The van der Waals surface area contributed by atoms with Crippen molar-refractivity contribution >= 4 is 11.8 Å². The second kappa shape index (κ2) is 3.83. The van der Waals surface area contributed by atoms with E-state index in [4.69, 9.17) is 4.42 Å².